The van der Waals surface area contributed by atoms with E-state index < -0.39 is 12.1 Å². The van der Waals surface area contributed by atoms with E-state index in [4.69, 9.17) is 15.0 Å². The molecule has 0 atom stereocenters. The number of nitrogens with zero attached hydrogens (tertiary/aromatic N) is 6. The van der Waals surface area contributed by atoms with Crippen LogP contribution >= 0.6 is 15.9 Å². The second-order valence-corrected chi connectivity index (χ2v) is 10.9. The van der Waals surface area contributed by atoms with Gasteiger partial charge in [0.05, 0.1) is 11.1 Å². The van der Waals surface area contributed by atoms with Gasteiger partial charge >= 0.3 is 12.1 Å². The molecule has 11 nitrogen and oxygen atoms in total. The van der Waals surface area contributed by atoms with Crippen molar-refractivity contribution in [3.8, 4) is 6.07 Å². The summed E-state index contributed by atoms with van der Waals surface area (Å²) in [5.41, 5.74) is 4.75. The Balaban J connectivity index is 0.000000616. The molecule has 2 aliphatic rings. The number of hydrogen-bond acceptors (Lipinski definition) is 9. The molecule has 2 aromatic rings. The number of hydrogen-bond donors (Lipinski definition) is 3. The van der Waals surface area contributed by atoms with Crippen molar-refractivity contribution in [2.45, 2.75) is 38.4 Å². The molecule has 0 radical (unpaired) electrons. The fourth-order valence-electron chi connectivity index (χ4n) is 4.76. The monoisotopic (exact) mass is 655 g/mol. The molecule has 0 bridgehead atoms. The van der Waals surface area contributed by atoms with Crippen LogP contribution < -0.4 is 10.4 Å². The van der Waals surface area contributed by atoms with Crippen molar-refractivity contribution in [3.63, 3.8) is 0 Å². The molecular formula is C27H33BrF3N7O4. The first-order chi connectivity index (χ1) is 20.0. The summed E-state index contributed by atoms with van der Waals surface area (Å²) in [6.45, 7) is 6.27. The van der Waals surface area contributed by atoms with Crippen LogP contribution in [0.25, 0.3) is 0 Å². The number of carboxylic acid groups (broad SMARTS) is 1. The molecule has 1 saturated heterocycles. The molecule has 42 heavy (non-hydrogen) atoms. The maximum absolute atomic E-state index is 13.2. The molecule has 3 N–H and O–H groups in total. The Bertz CT molecular complexity index is 1230. The van der Waals surface area contributed by atoms with E-state index in [1.807, 2.05) is 30.3 Å². The average molecular weight is 657 g/mol. The highest BCUT2D eigenvalue weighted by Gasteiger charge is 2.38. The third-order valence-corrected chi connectivity index (χ3v) is 7.54. The van der Waals surface area contributed by atoms with Gasteiger partial charge in [-0.25, -0.2) is 9.78 Å². The average Bonchev–Trinajstić information content (AvgIpc) is 3.47. The van der Waals surface area contributed by atoms with Crippen LogP contribution in [0, 0.1) is 17.2 Å². The van der Waals surface area contributed by atoms with Crippen LogP contribution in [0.4, 0.5) is 19.0 Å². The van der Waals surface area contributed by atoms with Crippen LogP contribution in [-0.4, -0.2) is 93.9 Å². The standard InChI is InChI=1S/C25H32BrN7O2.C2HF3O2/c26-22-16-28-23(15-27)29-24(22)33(18-19-3-1-2-4-19)30-25(35)21-7-5-20(6-8-21)17-32-11-9-31(10-12-32)13-14-34;3-2(4,5)1(6)7/h5-8,16,19,34H,1-4,9-14,17-18H2,(H,30,35);(H,6,7). The van der Waals surface area contributed by atoms with Crippen molar-refractivity contribution < 1.29 is 33.0 Å². The lowest BCUT2D eigenvalue weighted by Crippen LogP contribution is -2.46. The molecule has 1 saturated carbocycles. The lowest BCUT2D eigenvalue weighted by Gasteiger charge is -2.34. The van der Waals surface area contributed by atoms with Gasteiger partial charge in [0.1, 0.15) is 6.07 Å². The minimum Gasteiger partial charge on any atom is -0.475 e. The number of carboxylic acids is 1. The van der Waals surface area contributed by atoms with Crippen LogP contribution in [-0.2, 0) is 11.3 Å². The largest absolute Gasteiger partial charge is 0.490 e. The maximum atomic E-state index is 13.2. The Labute approximate surface area is 250 Å². The third-order valence-electron chi connectivity index (χ3n) is 6.98. The van der Waals surface area contributed by atoms with Crippen LogP contribution in [0.5, 0.6) is 0 Å². The van der Waals surface area contributed by atoms with Crippen molar-refractivity contribution in [1.29, 1.82) is 5.26 Å². The van der Waals surface area contributed by atoms with E-state index in [0.717, 1.165) is 57.7 Å². The number of aliphatic carboxylic acids is 1. The summed E-state index contributed by atoms with van der Waals surface area (Å²) in [5, 5.41) is 27.2. The normalized spacial score (nSPS) is 16.3. The van der Waals surface area contributed by atoms with Crippen LogP contribution in [0.3, 0.4) is 0 Å². The Kier molecular flexibility index (Phi) is 12.5. The summed E-state index contributed by atoms with van der Waals surface area (Å²) in [6, 6.07) is 9.70. The number of rotatable bonds is 9. The molecule has 0 spiro atoms. The van der Waals surface area contributed by atoms with E-state index in [1.165, 1.54) is 12.8 Å². The number of β-amino-alcohol motifs (C(OH)–C–C–N with tert-alkyl or cyclic N) is 1. The van der Waals surface area contributed by atoms with Crippen LogP contribution in [0.1, 0.15) is 47.4 Å². The number of hydrazine groups is 1. The number of aliphatic hydroxyl groups excluding tert-OH is 1. The first-order valence-corrected chi connectivity index (χ1v) is 14.2. The summed E-state index contributed by atoms with van der Waals surface area (Å²) in [4.78, 5) is 35.1. The predicted octanol–water partition coefficient (Wildman–Crippen LogP) is 3.20. The fourth-order valence-corrected chi connectivity index (χ4v) is 5.16. The quantitative estimate of drug-likeness (QED) is 0.344. The molecule has 2 fully saturated rings. The highest BCUT2D eigenvalue weighted by atomic mass is 79.9. The number of aliphatic hydroxyl groups is 1. The lowest BCUT2D eigenvalue weighted by atomic mass is 10.1. The number of piperazine rings is 1. The molecule has 228 valence electrons. The number of amides is 1. The molecule has 0 unspecified atom stereocenters. The maximum Gasteiger partial charge on any atom is 0.490 e. The molecule has 1 aliphatic heterocycles. The van der Waals surface area contributed by atoms with Gasteiger partial charge in [0, 0.05) is 57.6 Å². The SMILES string of the molecule is N#Cc1ncc(Br)c(N(CC2CCCC2)NC(=O)c2ccc(CN3CCN(CCO)CC3)cc2)n1.O=C(O)C(F)(F)F. The fraction of sp³-hybridized carbons (Fsp3) is 0.519. The Morgan fingerprint density at radius 2 is 1.71 bits per heavy atom. The van der Waals surface area contributed by atoms with E-state index in [-0.39, 0.29) is 18.3 Å². The van der Waals surface area contributed by atoms with Crippen molar-refractivity contribution in [1.82, 2.24) is 25.2 Å². The Hall–Kier alpha value is -3.32. The van der Waals surface area contributed by atoms with E-state index >= 15 is 0 Å². The zero-order valence-electron chi connectivity index (χ0n) is 22.9. The predicted molar refractivity (Wildman–Crippen MR) is 150 cm³/mol. The minimum absolute atomic E-state index is 0.0652. The van der Waals surface area contributed by atoms with Crippen molar-refractivity contribution in [2.24, 2.45) is 5.92 Å². The smallest absolute Gasteiger partial charge is 0.475 e. The van der Waals surface area contributed by atoms with Gasteiger partial charge < -0.3 is 10.2 Å². The van der Waals surface area contributed by atoms with E-state index in [2.05, 4.69) is 41.1 Å². The second kappa shape index (κ2) is 15.8. The van der Waals surface area contributed by atoms with Gasteiger partial charge in [0.15, 0.2) is 5.82 Å². The summed E-state index contributed by atoms with van der Waals surface area (Å²) >= 11 is 3.48. The van der Waals surface area contributed by atoms with Crippen molar-refractivity contribution in [3.05, 3.63) is 51.9 Å². The molecule has 15 heteroatoms. The van der Waals surface area contributed by atoms with Crippen molar-refractivity contribution >= 4 is 33.6 Å². The highest BCUT2D eigenvalue weighted by Crippen LogP contribution is 2.29. The van der Waals surface area contributed by atoms with Gasteiger partial charge in [-0.05, 0) is 52.4 Å². The number of anilines is 1. The van der Waals surface area contributed by atoms with Gasteiger partial charge in [-0.2, -0.15) is 23.4 Å². The van der Waals surface area contributed by atoms with Gasteiger partial charge in [0.2, 0.25) is 5.82 Å². The topological polar surface area (TPSA) is 146 Å². The summed E-state index contributed by atoms with van der Waals surface area (Å²) in [6.07, 6.45) is 1.08. The zero-order valence-corrected chi connectivity index (χ0v) is 24.4. The third kappa shape index (κ3) is 10.2. The van der Waals surface area contributed by atoms with E-state index in [9.17, 15) is 23.2 Å². The number of aromatic nitrogens is 2. The Morgan fingerprint density at radius 3 is 2.26 bits per heavy atom. The number of alkyl halides is 3. The van der Waals surface area contributed by atoms with Gasteiger partial charge in [0.25, 0.3) is 5.91 Å². The number of halogens is 4. The first-order valence-electron chi connectivity index (χ1n) is 13.5. The second-order valence-electron chi connectivity index (χ2n) is 10.0. The van der Waals surface area contributed by atoms with E-state index in [1.54, 1.807) is 11.2 Å². The number of nitriles is 1. The lowest BCUT2D eigenvalue weighted by molar-refractivity contribution is -0.192. The van der Waals surface area contributed by atoms with Gasteiger partial charge in [-0.1, -0.05) is 25.0 Å². The van der Waals surface area contributed by atoms with Crippen molar-refractivity contribution in [2.75, 3.05) is 50.9 Å². The molecule has 1 aromatic carbocycles. The molecule has 1 aliphatic carbocycles. The van der Waals surface area contributed by atoms with Crippen LogP contribution in [0.2, 0.25) is 0 Å². The minimum atomic E-state index is -5.08. The molecule has 2 heterocycles. The Morgan fingerprint density at radius 1 is 1.12 bits per heavy atom. The van der Waals surface area contributed by atoms with Gasteiger partial charge in [-0.15, -0.1) is 0 Å². The molecule has 4 rings (SSSR count). The number of carbonyl (C=O) groups excluding carboxylic acids is 1. The summed E-state index contributed by atoms with van der Waals surface area (Å²) in [7, 11) is 0. The summed E-state index contributed by atoms with van der Waals surface area (Å²) in [5.74, 6) is -1.95. The van der Waals surface area contributed by atoms with Gasteiger partial charge in [-0.3, -0.25) is 25.0 Å². The van der Waals surface area contributed by atoms with Crippen LogP contribution in [0.15, 0.2) is 34.9 Å². The number of benzene rings is 1. The summed E-state index contributed by atoms with van der Waals surface area (Å²) < 4.78 is 32.4. The van der Waals surface area contributed by atoms with E-state index in [0.29, 0.717) is 28.3 Å². The number of carbonyl (C=O) groups is 2. The first kappa shape index (κ1) is 33.2. The molecule has 1 aromatic heterocycles. The highest BCUT2D eigenvalue weighted by molar-refractivity contribution is 9.10. The molecule has 1 amide bonds. The molecular weight excluding hydrogens is 623 g/mol. The zero-order chi connectivity index (χ0) is 30.7. The number of nitrogens with one attached hydrogen (secondary N) is 1.